The monoisotopic (exact) mass is 727 g/mol. The Morgan fingerprint density at radius 2 is 0.434 bits per heavy atom. The average Bonchev–Trinajstić information content (AvgIpc) is 2.93. The number of rotatable bonds is 1. The summed E-state index contributed by atoms with van der Waals surface area (Å²) in [5, 5.41) is 37.2. The van der Waals surface area contributed by atoms with Crippen molar-refractivity contribution in [1.29, 1.82) is 0 Å². The fourth-order valence-electron chi connectivity index (χ4n) is 5.66. The van der Waals surface area contributed by atoms with Crippen molar-refractivity contribution in [3.8, 4) is 17.2 Å². The van der Waals surface area contributed by atoms with E-state index in [1.807, 2.05) is 36.4 Å². The van der Waals surface area contributed by atoms with E-state index in [9.17, 15) is 15.3 Å². The van der Waals surface area contributed by atoms with Gasteiger partial charge in [0.05, 0.1) is 0 Å². The summed E-state index contributed by atoms with van der Waals surface area (Å²) in [6.45, 7) is 48.2. The van der Waals surface area contributed by atoms with Crippen molar-refractivity contribution in [1.82, 2.24) is 0 Å². The van der Waals surface area contributed by atoms with Crippen molar-refractivity contribution in [2.45, 2.75) is 205 Å². The summed E-state index contributed by atoms with van der Waals surface area (Å²) in [7, 11) is 0. The zero-order chi connectivity index (χ0) is 41.6. The third-order valence-electron chi connectivity index (χ3n) is 9.05. The zero-order valence-corrected chi connectivity index (χ0v) is 38.7. The van der Waals surface area contributed by atoms with Crippen molar-refractivity contribution in [3.05, 3.63) is 86.5 Å². The van der Waals surface area contributed by atoms with Crippen LogP contribution in [-0.2, 0) is 32.5 Å². The van der Waals surface area contributed by atoms with E-state index in [1.165, 1.54) is 29.5 Å². The van der Waals surface area contributed by atoms with Gasteiger partial charge in [-0.2, -0.15) is 0 Å². The Morgan fingerprint density at radius 1 is 0.321 bits per heavy atom. The molecule has 0 amide bonds. The first-order chi connectivity index (χ1) is 23.0. The van der Waals surface area contributed by atoms with Crippen LogP contribution in [0.3, 0.4) is 0 Å². The molecule has 0 aliphatic heterocycles. The van der Waals surface area contributed by atoms with E-state index in [0.29, 0.717) is 0 Å². The first kappa shape index (κ1) is 52.2. The molecular formula is C49H79BO3. The van der Waals surface area contributed by atoms with Gasteiger partial charge in [-0.1, -0.05) is 204 Å². The molecule has 0 N–H and O–H groups in total. The molecule has 0 saturated heterocycles. The van der Waals surface area contributed by atoms with Crippen LogP contribution in [0, 0.1) is 20.8 Å². The molecule has 0 saturated carbocycles. The molecule has 0 heterocycles. The Labute approximate surface area is 331 Å². The average molecular weight is 727 g/mol. The maximum atomic E-state index is 12.4. The van der Waals surface area contributed by atoms with E-state index >= 15 is 0 Å². The fourth-order valence-corrected chi connectivity index (χ4v) is 5.66. The summed E-state index contributed by atoms with van der Waals surface area (Å²) in [6.07, 6.45) is 2.64. The molecule has 3 nitrogen and oxygen atoms in total. The summed E-state index contributed by atoms with van der Waals surface area (Å²) in [5.41, 5.74) is 8.61. The second-order valence-corrected chi connectivity index (χ2v) is 21.1. The van der Waals surface area contributed by atoms with E-state index in [2.05, 4.69) is 159 Å². The molecular weight excluding hydrogens is 647 g/mol. The molecule has 3 aromatic carbocycles. The van der Waals surface area contributed by atoms with Crippen molar-refractivity contribution in [3.63, 3.8) is 0 Å². The van der Waals surface area contributed by atoms with Crippen LogP contribution in [-0.4, -0.2) is 8.41 Å². The van der Waals surface area contributed by atoms with Gasteiger partial charge in [0.15, 0.2) is 0 Å². The Hall–Kier alpha value is -2.88. The Balaban J connectivity index is 0. The van der Waals surface area contributed by atoms with Crippen LogP contribution in [0.25, 0.3) is 0 Å². The van der Waals surface area contributed by atoms with E-state index in [1.54, 1.807) is 0 Å². The standard InChI is InChI=1S/3C15H24O.C4H10.B/c3*1-10-8-11(14(2,3)4)13(16)12(9-10)15(5,6)7;1-3-4-2;/h3*8-9,16H,1-7H3;3-4H2,1-2H3;/q;;;;+3/p-3. The van der Waals surface area contributed by atoms with Crippen LogP contribution < -0.4 is 15.3 Å². The third kappa shape index (κ3) is 16.2. The fraction of sp³-hybridized carbons (Fsp3) is 0.633. The normalized spacial score (nSPS) is 12.3. The van der Waals surface area contributed by atoms with Gasteiger partial charge in [-0.15, -0.1) is 17.2 Å². The van der Waals surface area contributed by atoms with Gasteiger partial charge in [0, 0.05) is 0 Å². The molecule has 0 spiro atoms. The number of benzene rings is 3. The van der Waals surface area contributed by atoms with Crippen molar-refractivity contribution < 1.29 is 15.3 Å². The molecule has 0 aromatic heterocycles. The predicted octanol–water partition coefficient (Wildman–Crippen LogP) is 12.4. The quantitative estimate of drug-likeness (QED) is 0.234. The minimum atomic E-state index is -0.0803. The minimum absolute atomic E-state index is 0. The first-order valence-corrected chi connectivity index (χ1v) is 19.5. The molecule has 4 heteroatoms. The predicted molar refractivity (Wildman–Crippen MR) is 230 cm³/mol. The molecule has 296 valence electrons. The van der Waals surface area contributed by atoms with Crippen LogP contribution in [0.4, 0.5) is 0 Å². The third-order valence-corrected chi connectivity index (χ3v) is 9.05. The number of unbranched alkanes of at least 4 members (excludes halogenated alkanes) is 1. The SMILES string of the molecule is CCCC.Cc1cc(C(C)(C)C)c([O-])c(C(C)(C)C)c1.Cc1cc(C(C)(C)C)c([O-])c(C(C)(C)C)c1.Cc1cc(C(C)(C)C)c([O-])c(C(C)(C)C)c1.[B+3]. The topological polar surface area (TPSA) is 69.2 Å². The smallest absolute Gasteiger partial charge is 0.872 e. The van der Waals surface area contributed by atoms with Gasteiger partial charge in [-0.05, 0) is 86.6 Å². The minimum Gasteiger partial charge on any atom is -0.872 e. The van der Waals surface area contributed by atoms with Gasteiger partial charge in [-0.3, -0.25) is 0 Å². The summed E-state index contributed by atoms with van der Waals surface area (Å²) in [4.78, 5) is 0. The van der Waals surface area contributed by atoms with Crippen LogP contribution in [0.1, 0.15) is 201 Å². The molecule has 3 rings (SSSR count). The first-order valence-electron chi connectivity index (χ1n) is 19.5. The van der Waals surface area contributed by atoms with Gasteiger partial charge < -0.3 is 15.3 Å². The Morgan fingerprint density at radius 3 is 0.509 bits per heavy atom. The summed E-state index contributed by atoms with van der Waals surface area (Å²) in [6, 6.07) is 12.2. The molecule has 0 atom stereocenters. The van der Waals surface area contributed by atoms with Crippen LogP contribution in [0.5, 0.6) is 17.2 Å². The maximum Gasteiger partial charge on any atom is 3.00 e. The summed E-state index contributed by atoms with van der Waals surface area (Å²) in [5.74, 6) is 0.641. The molecule has 0 unspecified atom stereocenters. The summed E-state index contributed by atoms with van der Waals surface area (Å²) >= 11 is 0. The molecule has 3 aromatic rings. The zero-order valence-electron chi connectivity index (χ0n) is 38.7. The van der Waals surface area contributed by atoms with Gasteiger partial charge in [-0.25, -0.2) is 0 Å². The van der Waals surface area contributed by atoms with Gasteiger partial charge in [0.2, 0.25) is 0 Å². The molecule has 0 aliphatic rings. The number of hydrogen-bond donors (Lipinski definition) is 0. The molecule has 0 aliphatic carbocycles. The van der Waals surface area contributed by atoms with Gasteiger partial charge in [0.1, 0.15) is 0 Å². The molecule has 0 radical (unpaired) electrons. The summed E-state index contributed by atoms with van der Waals surface area (Å²) < 4.78 is 0. The van der Waals surface area contributed by atoms with E-state index in [0.717, 1.165) is 33.4 Å². The number of aryl methyl sites for hydroxylation is 3. The molecule has 0 bridgehead atoms. The Bertz CT molecular complexity index is 1290. The van der Waals surface area contributed by atoms with E-state index in [-0.39, 0.29) is 58.2 Å². The molecule has 0 fully saturated rings. The van der Waals surface area contributed by atoms with Crippen molar-refractivity contribution in [2.24, 2.45) is 0 Å². The van der Waals surface area contributed by atoms with Crippen LogP contribution >= 0.6 is 0 Å². The van der Waals surface area contributed by atoms with Crippen molar-refractivity contribution >= 4 is 8.41 Å². The maximum absolute atomic E-state index is 12.4. The van der Waals surface area contributed by atoms with E-state index in [4.69, 9.17) is 0 Å². The van der Waals surface area contributed by atoms with Crippen LogP contribution in [0.2, 0.25) is 0 Å². The van der Waals surface area contributed by atoms with E-state index < -0.39 is 0 Å². The van der Waals surface area contributed by atoms with Gasteiger partial charge >= 0.3 is 8.41 Å². The molecule has 53 heavy (non-hydrogen) atoms. The Kier molecular flexibility index (Phi) is 18.8. The van der Waals surface area contributed by atoms with Crippen LogP contribution in [0.15, 0.2) is 36.4 Å². The largest absolute Gasteiger partial charge is 3.00 e. The second-order valence-electron chi connectivity index (χ2n) is 21.1. The second kappa shape index (κ2) is 19.1. The van der Waals surface area contributed by atoms with Crippen molar-refractivity contribution in [2.75, 3.05) is 0 Å². The van der Waals surface area contributed by atoms with Gasteiger partial charge in [0.25, 0.3) is 0 Å². The number of hydrogen-bond acceptors (Lipinski definition) is 3.